The van der Waals surface area contributed by atoms with Crippen molar-refractivity contribution in [2.75, 3.05) is 10.8 Å². The summed E-state index contributed by atoms with van der Waals surface area (Å²) in [6.45, 7) is 9.12. The first kappa shape index (κ1) is 33.9. The normalized spacial score (nSPS) is 12.3. The Morgan fingerprint density at radius 1 is 0.800 bits per heavy atom. The Morgan fingerprint density at radius 2 is 1.44 bits per heavy atom. The second-order valence-corrected chi connectivity index (χ2v) is 15.0. The molecule has 0 bridgehead atoms. The Hall–Kier alpha value is -3.95. The molecule has 7 nitrogen and oxygen atoms in total. The third kappa shape index (κ3) is 9.28. The van der Waals surface area contributed by atoms with Gasteiger partial charge in [0, 0.05) is 23.0 Å². The molecular formula is C36H40BrN3O4S. The van der Waals surface area contributed by atoms with Gasteiger partial charge in [0.05, 0.1) is 10.6 Å². The molecule has 0 fully saturated rings. The summed E-state index contributed by atoms with van der Waals surface area (Å²) in [4.78, 5) is 30.1. The smallest absolute Gasteiger partial charge is 0.264 e. The van der Waals surface area contributed by atoms with Crippen LogP contribution in [0, 0.1) is 13.8 Å². The highest BCUT2D eigenvalue weighted by atomic mass is 79.9. The number of sulfonamides is 1. The lowest BCUT2D eigenvalue weighted by Gasteiger charge is -2.35. The van der Waals surface area contributed by atoms with Crippen molar-refractivity contribution in [2.24, 2.45) is 0 Å². The van der Waals surface area contributed by atoms with Crippen LogP contribution in [0.3, 0.4) is 0 Å². The molecule has 4 aromatic carbocycles. The van der Waals surface area contributed by atoms with Crippen LogP contribution in [0.1, 0.15) is 43.0 Å². The van der Waals surface area contributed by atoms with E-state index in [1.165, 1.54) is 4.90 Å². The van der Waals surface area contributed by atoms with Crippen LogP contribution >= 0.6 is 15.9 Å². The third-order valence-electron chi connectivity index (χ3n) is 7.19. The number of aryl methyl sites for hydroxylation is 2. The zero-order valence-corrected chi connectivity index (χ0v) is 28.7. The van der Waals surface area contributed by atoms with Crippen LogP contribution in [0.15, 0.2) is 112 Å². The van der Waals surface area contributed by atoms with Crippen molar-refractivity contribution in [3.05, 3.63) is 130 Å². The van der Waals surface area contributed by atoms with Gasteiger partial charge in [0.1, 0.15) is 12.6 Å². The number of rotatable bonds is 11. The van der Waals surface area contributed by atoms with Gasteiger partial charge in [0.2, 0.25) is 11.8 Å². The van der Waals surface area contributed by atoms with Gasteiger partial charge < -0.3 is 10.2 Å². The van der Waals surface area contributed by atoms with Crippen molar-refractivity contribution >= 4 is 43.5 Å². The lowest BCUT2D eigenvalue weighted by Crippen LogP contribution is -2.56. The molecule has 9 heteroatoms. The molecule has 236 valence electrons. The molecule has 4 rings (SSSR count). The number of hydrogen-bond donors (Lipinski definition) is 1. The minimum atomic E-state index is -4.16. The summed E-state index contributed by atoms with van der Waals surface area (Å²) in [7, 11) is -4.16. The van der Waals surface area contributed by atoms with Gasteiger partial charge in [-0.2, -0.15) is 0 Å². The number of carbonyl (C=O) groups is 2. The molecule has 0 unspecified atom stereocenters. The summed E-state index contributed by atoms with van der Waals surface area (Å²) in [6.07, 6.45) is 0.252. The van der Waals surface area contributed by atoms with E-state index >= 15 is 0 Å². The molecule has 0 aliphatic rings. The predicted octanol–water partition coefficient (Wildman–Crippen LogP) is 6.82. The van der Waals surface area contributed by atoms with Crippen molar-refractivity contribution in [2.45, 2.75) is 64.1 Å². The van der Waals surface area contributed by atoms with E-state index in [-0.39, 0.29) is 23.8 Å². The summed E-state index contributed by atoms with van der Waals surface area (Å²) in [5, 5.41) is 3.05. The average molecular weight is 691 g/mol. The van der Waals surface area contributed by atoms with Crippen molar-refractivity contribution in [1.29, 1.82) is 0 Å². The highest BCUT2D eigenvalue weighted by Gasteiger charge is 2.35. The Balaban J connectivity index is 1.82. The van der Waals surface area contributed by atoms with Gasteiger partial charge in [0.25, 0.3) is 10.0 Å². The molecule has 1 atom stereocenters. The number of carbonyl (C=O) groups excluding carboxylic acids is 2. The molecule has 0 aliphatic heterocycles. The topological polar surface area (TPSA) is 86.8 Å². The first-order chi connectivity index (χ1) is 21.2. The summed E-state index contributed by atoms with van der Waals surface area (Å²) >= 11 is 3.45. The maximum Gasteiger partial charge on any atom is 0.264 e. The first-order valence-electron chi connectivity index (χ1n) is 14.8. The SMILES string of the molecule is Cc1ccc(S(=O)(=O)N(CC(=O)N(Cc2cccc(C)c2)[C@@H](Cc2ccccc2)C(=O)NC(C)(C)C)c2cccc(Br)c2)cc1. The van der Waals surface area contributed by atoms with E-state index in [9.17, 15) is 18.0 Å². The van der Waals surface area contributed by atoms with Crippen LogP contribution in [0.5, 0.6) is 0 Å². The van der Waals surface area contributed by atoms with E-state index in [1.54, 1.807) is 48.5 Å². The van der Waals surface area contributed by atoms with Crippen LogP contribution < -0.4 is 9.62 Å². The third-order valence-corrected chi connectivity index (χ3v) is 9.47. The fourth-order valence-corrected chi connectivity index (χ4v) is 6.80. The zero-order chi connectivity index (χ0) is 32.8. The largest absolute Gasteiger partial charge is 0.350 e. The fraction of sp³-hybridized carbons (Fsp3) is 0.278. The standard InChI is InChI=1S/C36H40BrN3O4S/c1-26-17-19-32(20-18-26)45(43,44)40(31-16-10-15-30(37)23-31)25-34(41)39(24-29-14-9-11-27(2)21-29)33(35(42)38-36(3,4)5)22-28-12-7-6-8-13-28/h6-21,23,33H,22,24-25H2,1-5H3,(H,38,42)/t33-/m0/s1. The quantitative estimate of drug-likeness (QED) is 0.187. The first-order valence-corrected chi connectivity index (χ1v) is 17.0. The van der Waals surface area contributed by atoms with Crippen molar-refractivity contribution in [3.63, 3.8) is 0 Å². The molecule has 45 heavy (non-hydrogen) atoms. The number of nitrogens with one attached hydrogen (secondary N) is 1. The van der Waals surface area contributed by atoms with Crippen LogP contribution in [-0.2, 0) is 32.6 Å². The number of halogens is 1. The minimum Gasteiger partial charge on any atom is -0.350 e. The van der Waals surface area contributed by atoms with Gasteiger partial charge in [0.15, 0.2) is 0 Å². The highest BCUT2D eigenvalue weighted by molar-refractivity contribution is 9.10. The monoisotopic (exact) mass is 689 g/mol. The number of nitrogens with zero attached hydrogens (tertiary/aromatic N) is 2. The lowest BCUT2D eigenvalue weighted by molar-refractivity contribution is -0.140. The van der Waals surface area contributed by atoms with E-state index in [1.807, 2.05) is 89.2 Å². The minimum absolute atomic E-state index is 0.0671. The van der Waals surface area contributed by atoms with Gasteiger partial charge in [-0.15, -0.1) is 0 Å². The summed E-state index contributed by atoms with van der Waals surface area (Å²) in [5.41, 5.74) is 3.41. The molecule has 0 aliphatic carbocycles. The Labute approximate surface area is 275 Å². The predicted molar refractivity (Wildman–Crippen MR) is 183 cm³/mol. The molecular weight excluding hydrogens is 650 g/mol. The Kier molecular flexibility index (Phi) is 10.9. The second kappa shape index (κ2) is 14.4. The summed E-state index contributed by atoms with van der Waals surface area (Å²) < 4.78 is 30.1. The average Bonchev–Trinajstić information content (AvgIpc) is 2.97. The van der Waals surface area contributed by atoms with Gasteiger partial charge in [-0.05, 0) is 76.1 Å². The van der Waals surface area contributed by atoms with E-state index in [2.05, 4.69) is 21.2 Å². The Bertz CT molecular complexity index is 1740. The van der Waals surface area contributed by atoms with Crippen molar-refractivity contribution in [3.8, 4) is 0 Å². The van der Waals surface area contributed by atoms with Crippen molar-refractivity contribution < 1.29 is 18.0 Å². The molecule has 0 aromatic heterocycles. The number of hydrogen-bond acceptors (Lipinski definition) is 4. The molecule has 1 N–H and O–H groups in total. The summed E-state index contributed by atoms with van der Waals surface area (Å²) in [5.74, 6) is -0.820. The maximum atomic E-state index is 14.6. The van der Waals surface area contributed by atoms with E-state index in [0.717, 1.165) is 26.6 Å². The van der Waals surface area contributed by atoms with Gasteiger partial charge in [-0.3, -0.25) is 13.9 Å². The molecule has 0 saturated heterocycles. The van der Waals surface area contributed by atoms with Gasteiger partial charge >= 0.3 is 0 Å². The Morgan fingerprint density at radius 3 is 2.07 bits per heavy atom. The van der Waals surface area contributed by atoms with Crippen LogP contribution in [-0.4, -0.2) is 43.3 Å². The fourth-order valence-electron chi connectivity index (χ4n) is 5.01. The molecule has 2 amide bonds. The summed E-state index contributed by atoms with van der Waals surface area (Å²) in [6, 6.07) is 29.7. The van der Waals surface area contributed by atoms with Crippen LogP contribution in [0.4, 0.5) is 5.69 Å². The van der Waals surface area contributed by atoms with Crippen LogP contribution in [0.2, 0.25) is 0 Å². The van der Waals surface area contributed by atoms with Gasteiger partial charge in [-0.1, -0.05) is 99.9 Å². The number of anilines is 1. The lowest BCUT2D eigenvalue weighted by atomic mass is 10.0. The number of benzene rings is 4. The van der Waals surface area contributed by atoms with E-state index < -0.39 is 34.1 Å². The number of amides is 2. The highest BCUT2D eigenvalue weighted by Crippen LogP contribution is 2.28. The molecule has 0 saturated carbocycles. The van der Waals surface area contributed by atoms with Crippen LogP contribution in [0.25, 0.3) is 0 Å². The second-order valence-electron chi connectivity index (χ2n) is 12.3. The molecule has 0 spiro atoms. The van der Waals surface area contributed by atoms with E-state index in [4.69, 9.17) is 0 Å². The van der Waals surface area contributed by atoms with Gasteiger partial charge in [-0.25, -0.2) is 8.42 Å². The van der Waals surface area contributed by atoms with Crippen molar-refractivity contribution in [1.82, 2.24) is 10.2 Å². The maximum absolute atomic E-state index is 14.6. The molecule has 4 aromatic rings. The zero-order valence-electron chi connectivity index (χ0n) is 26.3. The molecule has 0 heterocycles. The molecule has 0 radical (unpaired) electrons. The van der Waals surface area contributed by atoms with E-state index in [0.29, 0.717) is 10.2 Å².